The second-order valence-corrected chi connectivity index (χ2v) is 6.12. The molecule has 1 heterocycles. The normalized spacial score (nSPS) is 17.8. The number of nitro groups is 1. The van der Waals surface area contributed by atoms with Crippen LogP contribution < -0.4 is 15.2 Å². The molecule has 0 saturated carbocycles. The highest BCUT2D eigenvalue weighted by atomic mass is 32.2. The van der Waals surface area contributed by atoms with Crippen LogP contribution in [0.5, 0.6) is 5.75 Å². The fraction of sp³-hybridized carbons (Fsp3) is 0.455. The topological polar surface area (TPSA) is 125 Å². The molecule has 2 rings (SSSR count). The van der Waals surface area contributed by atoms with Crippen LogP contribution in [0.1, 0.15) is 19.8 Å². The van der Waals surface area contributed by atoms with Crippen molar-refractivity contribution >= 4 is 21.4 Å². The van der Waals surface area contributed by atoms with Gasteiger partial charge in [-0.25, -0.2) is 13.6 Å². The van der Waals surface area contributed by atoms with E-state index in [2.05, 4.69) is 5.32 Å². The van der Waals surface area contributed by atoms with Gasteiger partial charge in [0, 0.05) is 12.1 Å². The first-order chi connectivity index (χ1) is 9.32. The average molecular weight is 301 g/mol. The maximum absolute atomic E-state index is 11.3. The lowest BCUT2D eigenvalue weighted by atomic mass is 10.1. The highest BCUT2D eigenvalue weighted by molar-refractivity contribution is 7.89. The van der Waals surface area contributed by atoms with Crippen molar-refractivity contribution in [3.8, 4) is 5.75 Å². The number of nitrogens with two attached hydrogens (primary N) is 1. The van der Waals surface area contributed by atoms with Gasteiger partial charge in [0.25, 0.3) is 5.69 Å². The standard InChI is InChI=1S/C11H15N3O5S/c1-2-3-7-6-19-10-5-8(20(12,17)18)4-9(14(15)16)11(10)13-7/h4-5,7,13H,2-3,6H2,1H3,(H2,12,17,18)/t7-/m1/s1. The minimum absolute atomic E-state index is 0.0356. The molecule has 1 aliphatic rings. The van der Waals surface area contributed by atoms with E-state index in [1.807, 2.05) is 6.92 Å². The van der Waals surface area contributed by atoms with Crippen molar-refractivity contribution in [1.29, 1.82) is 0 Å². The van der Waals surface area contributed by atoms with Crippen molar-refractivity contribution in [3.63, 3.8) is 0 Å². The van der Waals surface area contributed by atoms with Crippen LogP contribution in [0.3, 0.4) is 0 Å². The number of hydrogen-bond donors (Lipinski definition) is 2. The van der Waals surface area contributed by atoms with Crippen LogP contribution in [0.4, 0.5) is 11.4 Å². The number of nitrogens with one attached hydrogen (secondary N) is 1. The van der Waals surface area contributed by atoms with Gasteiger partial charge in [-0.3, -0.25) is 10.1 Å². The number of nitrogens with zero attached hydrogens (tertiary/aromatic N) is 1. The molecule has 8 nitrogen and oxygen atoms in total. The minimum Gasteiger partial charge on any atom is -0.489 e. The summed E-state index contributed by atoms with van der Waals surface area (Å²) in [5, 5.41) is 19.1. The van der Waals surface area contributed by atoms with E-state index in [1.165, 1.54) is 6.07 Å². The Morgan fingerprint density at radius 1 is 1.55 bits per heavy atom. The van der Waals surface area contributed by atoms with E-state index >= 15 is 0 Å². The third-order valence-electron chi connectivity index (χ3n) is 3.01. The molecule has 0 aliphatic carbocycles. The number of nitro benzene ring substituents is 1. The van der Waals surface area contributed by atoms with Gasteiger partial charge in [0.05, 0.1) is 15.9 Å². The quantitative estimate of drug-likeness (QED) is 0.636. The highest BCUT2D eigenvalue weighted by Gasteiger charge is 2.29. The molecule has 0 bridgehead atoms. The van der Waals surface area contributed by atoms with Crippen molar-refractivity contribution in [1.82, 2.24) is 0 Å². The van der Waals surface area contributed by atoms with E-state index in [1.54, 1.807) is 0 Å². The number of primary sulfonamides is 1. The average Bonchev–Trinajstić information content (AvgIpc) is 2.36. The highest BCUT2D eigenvalue weighted by Crippen LogP contribution is 2.40. The Hall–Kier alpha value is -1.87. The number of rotatable bonds is 4. The molecule has 0 spiro atoms. The zero-order valence-corrected chi connectivity index (χ0v) is 11.6. The predicted molar refractivity (Wildman–Crippen MR) is 72.3 cm³/mol. The van der Waals surface area contributed by atoms with Crippen LogP contribution in [-0.4, -0.2) is 26.0 Å². The number of fused-ring (bicyclic) bond motifs is 1. The molecule has 1 aromatic rings. The van der Waals surface area contributed by atoms with Crippen LogP contribution in [0.15, 0.2) is 17.0 Å². The van der Waals surface area contributed by atoms with Crippen LogP contribution in [0.25, 0.3) is 0 Å². The fourth-order valence-electron chi connectivity index (χ4n) is 2.08. The van der Waals surface area contributed by atoms with Gasteiger partial charge in [-0.1, -0.05) is 13.3 Å². The first-order valence-electron chi connectivity index (χ1n) is 6.07. The van der Waals surface area contributed by atoms with Gasteiger partial charge in [-0.05, 0) is 6.42 Å². The lowest BCUT2D eigenvalue weighted by Gasteiger charge is -2.27. The summed E-state index contributed by atoms with van der Waals surface area (Å²) in [4.78, 5) is 10.1. The van der Waals surface area contributed by atoms with E-state index in [-0.39, 0.29) is 28.1 Å². The van der Waals surface area contributed by atoms with Crippen molar-refractivity contribution in [2.75, 3.05) is 11.9 Å². The smallest absolute Gasteiger partial charge is 0.297 e. The molecule has 1 aliphatic heterocycles. The van der Waals surface area contributed by atoms with E-state index in [4.69, 9.17) is 9.88 Å². The van der Waals surface area contributed by atoms with Crippen molar-refractivity contribution in [2.24, 2.45) is 5.14 Å². The number of hydrogen-bond acceptors (Lipinski definition) is 6. The van der Waals surface area contributed by atoms with Crippen molar-refractivity contribution in [2.45, 2.75) is 30.7 Å². The fourth-order valence-corrected chi connectivity index (χ4v) is 2.63. The van der Waals surface area contributed by atoms with E-state index in [0.29, 0.717) is 6.61 Å². The molecule has 1 aromatic carbocycles. The second kappa shape index (κ2) is 5.25. The Kier molecular flexibility index (Phi) is 3.82. The molecule has 0 saturated heterocycles. The van der Waals surface area contributed by atoms with E-state index in [9.17, 15) is 18.5 Å². The molecule has 3 N–H and O–H groups in total. The van der Waals surface area contributed by atoms with Crippen LogP contribution >= 0.6 is 0 Å². The van der Waals surface area contributed by atoms with Crippen molar-refractivity contribution < 1.29 is 18.1 Å². The summed E-state index contributed by atoms with van der Waals surface area (Å²) < 4.78 is 28.1. The number of ether oxygens (including phenoxy) is 1. The molecule has 1 atom stereocenters. The van der Waals surface area contributed by atoms with Gasteiger partial charge in [0.2, 0.25) is 10.0 Å². The summed E-state index contributed by atoms with van der Waals surface area (Å²) in [6.45, 7) is 2.32. The van der Waals surface area contributed by atoms with E-state index in [0.717, 1.165) is 18.9 Å². The van der Waals surface area contributed by atoms with Crippen LogP contribution in [0.2, 0.25) is 0 Å². The first-order valence-corrected chi connectivity index (χ1v) is 7.62. The first kappa shape index (κ1) is 14.5. The molecule has 9 heteroatoms. The Labute approximate surface area is 116 Å². The monoisotopic (exact) mass is 301 g/mol. The van der Waals surface area contributed by atoms with Gasteiger partial charge in [0.15, 0.2) is 11.4 Å². The maximum atomic E-state index is 11.3. The van der Waals surface area contributed by atoms with Gasteiger partial charge in [0.1, 0.15) is 6.61 Å². The molecule has 110 valence electrons. The Morgan fingerprint density at radius 3 is 2.80 bits per heavy atom. The lowest BCUT2D eigenvalue weighted by molar-refractivity contribution is -0.384. The zero-order chi connectivity index (χ0) is 14.9. The van der Waals surface area contributed by atoms with E-state index < -0.39 is 14.9 Å². The SMILES string of the molecule is CCC[C@@H]1COc2cc(S(N)(=O)=O)cc([N+](=O)[O-])c2N1. The summed E-state index contributed by atoms with van der Waals surface area (Å²) in [5.74, 6) is 0.135. The third-order valence-corrected chi connectivity index (χ3v) is 3.90. The Balaban J connectivity index is 2.52. The zero-order valence-electron chi connectivity index (χ0n) is 10.8. The summed E-state index contributed by atoms with van der Waals surface area (Å²) in [7, 11) is -4.03. The summed E-state index contributed by atoms with van der Waals surface area (Å²) in [6, 6.07) is 2.11. The molecule has 0 fully saturated rings. The van der Waals surface area contributed by atoms with Gasteiger partial charge in [-0.15, -0.1) is 0 Å². The Bertz CT molecular complexity index is 644. The lowest BCUT2D eigenvalue weighted by Crippen LogP contribution is -2.31. The van der Waals surface area contributed by atoms with Crippen molar-refractivity contribution in [3.05, 3.63) is 22.2 Å². The second-order valence-electron chi connectivity index (χ2n) is 4.56. The number of benzene rings is 1. The minimum atomic E-state index is -4.03. The largest absolute Gasteiger partial charge is 0.489 e. The number of anilines is 1. The Morgan fingerprint density at radius 2 is 2.25 bits per heavy atom. The third kappa shape index (κ3) is 2.83. The predicted octanol–water partition coefficient (Wildman–Crippen LogP) is 1.22. The van der Waals surface area contributed by atoms with Gasteiger partial charge < -0.3 is 10.1 Å². The molecule has 0 amide bonds. The molecular formula is C11H15N3O5S. The molecule has 0 unspecified atom stereocenters. The molecular weight excluding hydrogens is 286 g/mol. The summed E-state index contributed by atoms with van der Waals surface area (Å²) in [6.07, 6.45) is 1.70. The summed E-state index contributed by atoms with van der Waals surface area (Å²) >= 11 is 0. The maximum Gasteiger partial charge on any atom is 0.297 e. The summed E-state index contributed by atoms with van der Waals surface area (Å²) in [5.41, 5.74) is -0.153. The van der Waals surface area contributed by atoms with Gasteiger partial charge >= 0.3 is 0 Å². The molecule has 0 radical (unpaired) electrons. The van der Waals surface area contributed by atoms with Gasteiger partial charge in [-0.2, -0.15) is 0 Å². The van der Waals surface area contributed by atoms with Crippen LogP contribution in [-0.2, 0) is 10.0 Å². The number of sulfonamides is 1. The molecule has 20 heavy (non-hydrogen) atoms. The molecule has 0 aromatic heterocycles. The van der Waals surface area contributed by atoms with Crippen LogP contribution in [0, 0.1) is 10.1 Å².